The van der Waals surface area contributed by atoms with Gasteiger partial charge < -0.3 is 87.4 Å². The van der Waals surface area contributed by atoms with Crippen molar-refractivity contribution in [3.8, 4) is 6.07 Å². The summed E-state index contributed by atoms with van der Waals surface area (Å²) in [4.78, 5) is 118. The normalized spacial score (nSPS) is 10.6. The molecule has 35 nitrogen and oxygen atoms in total. The van der Waals surface area contributed by atoms with Crippen LogP contribution in [0.25, 0.3) is 0 Å². The van der Waals surface area contributed by atoms with E-state index in [0.29, 0.717) is 94.1 Å². The summed E-state index contributed by atoms with van der Waals surface area (Å²) in [5.41, 5.74) is 9.11. The number of esters is 6. The van der Waals surface area contributed by atoms with Gasteiger partial charge in [-0.2, -0.15) is 5.26 Å². The summed E-state index contributed by atoms with van der Waals surface area (Å²) in [5.74, 6) is -2.22. The Kier molecular flexibility index (Phi) is 62.0. The second-order valence-electron chi connectivity index (χ2n) is 23.6. The van der Waals surface area contributed by atoms with Gasteiger partial charge in [-0.1, -0.05) is 136 Å². The summed E-state index contributed by atoms with van der Waals surface area (Å²) in [6, 6.07) is 42.4. The zero-order valence-electron chi connectivity index (χ0n) is 68.1. The van der Waals surface area contributed by atoms with E-state index in [1.54, 1.807) is 6.33 Å². The predicted octanol–water partition coefficient (Wildman–Crippen LogP) is 9.42. The number of rotatable bonds is 35. The van der Waals surface area contributed by atoms with Crippen LogP contribution in [0.3, 0.4) is 0 Å². The number of aromatic amines is 4. The van der Waals surface area contributed by atoms with Gasteiger partial charge in [0.25, 0.3) is 0 Å². The average molecular weight is 1700 g/mol. The van der Waals surface area contributed by atoms with Crippen molar-refractivity contribution < 1.29 is 97.3 Å². The molecule has 1 aliphatic rings. The monoisotopic (exact) mass is 1700 g/mol. The van der Waals surface area contributed by atoms with Gasteiger partial charge in [0.05, 0.1) is 105 Å². The van der Waals surface area contributed by atoms with Crippen LogP contribution in [0.2, 0.25) is 0 Å². The second kappa shape index (κ2) is 67.4. The maximum atomic E-state index is 11.7. The molecule has 657 valence electrons. The summed E-state index contributed by atoms with van der Waals surface area (Å²) >= 11 is 5.87. The molecule has 0 saturated heterocycles. The Morgan fingerprint density at radius 1 is 0.575 bits per heavy atom. The van der Waals surface area contributed by atoms with Crippen molar-refractivity contribution in [3.63, 3.8) is 0 Å². The zero-order chi connectivity index (χ0) is 85.1. The first-order chi connectivity index (χ1) is 56.4. The molecule has 0 bridgehead atoms. The fourth-order valence-electron chi connectivity index (χ4n) is 10.2. The highest BCUT2D eigenvalue weighted by atomic mass is 35.5. The highest BCUT2D eigenvalue weighted by molar-refractivity contribution is 6.18. The summed E-state index contributed by atoms with van der Waals surface area (Å²) < 4.78 is 49.9. The molecule has 7 N–H and O–H groups in total. The van der Waals surface area contributed by atoms with Crippen molar-refractivity contribution in [3.05, 3.63) is 232 Å². The van der Waals surface area contributed by atoms with Crippen molar-refractivity contribution in [2.45, 2.75) is 107 Å². The number of hydrogen-bond acceptors (Lipinski definition) is 30. The molecule has 4 aromatic carbocycles. The summed E-state index contributed by atoms with van der Waals surface area (Å²) in [6.45, 7) is 21.3. The third kappa shape index (κ3) is 41.7. The van der Waals surface area contributed by atoms with Gasteiger partial charge >= 0.3 is 35.8 Å². The zero-order valence-corrected chi connectivity index (χ0v) is 68.9. The van der Waals surface area contributed by atoms with E-state index in [9.17, 15) is 38.7 Å². The standard InChI is InChI=1S/C15H18ClN3O2.C15H19N3O3.C15H17N3O2.C10H16N2O4.C9H13NO.C6H6N2O3.C6H11NO2.C4H7NO2.2CH4.B.FH.H2/c1-21-15(20)14-13(17-11-18-14)10-19(8-7-16)9-12-5-3-2-4-6-12;1-21-15(20)14-13(16-11-17-14)10-18(7-8-19)9-12-5-3-2-4-6-12;1-20-15(19)14-13-10-17(7-8-18(13)11-16-14)9-12-5-3-2-4-6-12;1-4-15-10(16-5-2)8-7(9(13)14-3)11-6-12-8;11-7-6-10-8-9-4-2-1-3-5-9;1-11-6(10)5-4(2-9)7-3-8-5;1-3-8-6(5-7)9-4-2;1-5-3-4(6)7-2;;;;;/h2-6,11H,7-10H2,1H3,(H,17,18);2-6,11,19H,7-10H2,1H3,(H,16,17);2-6,11H,7-10H2,1H3;6,10H,4-5H2,1-3H3,(H,11,12);1-5,10-11H,6-8H2;2-3H,1H3,(H,7,8);6H,3-4H2,1-2H3;1,3H2,2H3;2*1H4;;2*1H/i;;;;;;;;;;;;1+1. The molecule has 10 rings (SSSR count). The molecule has 0 fully saturated rings. The van der Waals surface area contributed by atoms with E-state index < -0.39 is 36.5 Å². The molecule has 38 heteroatoms. The minimum absolute atomic E-state index is 0. The van der Waals surface area contributed by atoms with Gasteiger partial charge in [0, 0.05) is 121 Å². The minimum Gasteiger partial charge on any atom is -0.468 e. The van der Waals surface area contributed by atoms with E-state index in [-0.39, 0.29) is 83.9 Å². The lowest BCUT2D eigenvalue weighted by Gasteiger charge is -2.28. The van der Waals surface area contributed by atoms with Crippen molar-refractivity contribution in [2.24, 2.45) is 4.99 Å². The second-order valence-corrected chi connectivity index (χ2v) is 23.9. The van der Waals surface area contributed by atoms with Crippen LogP contribution in [0.1, 0.15) is 158 Å². The number of nitrogens with zero attached hydrogens (tertiary/aromatic N) is 11. The number of aromatic nitrogens is 10. The van der Waals surface area contributed by atoms with Gasteiger partial charge in [-0.05, 0) is 56.7 Å². The van der Waals surface area contributed by atoms with Crippen LogP contribution in [-0.4, -0.2) is 259 Å². The van der Waals surface area contributed by atoms with Crippen LogP contribution in [-0.2, 0) is 105 Å². The average Bonchev–Trinajstić information content (AvgIpc) is 1.67. The molecular formula is C82H118BClFN16O19. The molecule has 9 aromatic rings. The van der Waals surface area contributed by atoms with Crippen molar-refractivity contribution in [1.82, 2.24) is 69.4 Å². The number of aliphatic hydroxyl groups excluding tert-OH is 2. The number of aliphatic hydroxyl groups is 2. The number of aliphatic imine (C=N–C) groups is 1. The Bertz CT molecular complexity index is 4150. The van der Waals surface area contributed by atoms with E-state index in [1.165, 1.54) is 84.7 Å². The number of nitrogens with one attached hydrogen (secondary N) is 5. The van der Waals surface area contributed by atoms with E-state index in [4.69, 9.17) is 55.1 Å². The summed E-state index contributed by atoms with van der Waals surface area (Å²) in [6.07, 6.45) is 6.58. The molecule has 0 spiro atoms. The number of carbonyl (C=O) groups is 7. The predicted molar refractivity (Wildman–Crippen MR) is 452 cm³/mol. The molecule has 0 unspecified atom stereocenters. The Balaban J connectivity index is -0.00000134. The molecule has 5 aromatic heterocycles. The maximum absolute atomic E-state index is 11.7. The van der Waals surface area contributed by atoms with Gasteiger partial charge in [0.1, 0.15) is 24.0 Å². The number of nitriles is 1. The third-order valence-electron chi connectivity index (χ3n) is 15.6. The molecule has 6 heterocycles. The number of halogens is 2. The summed E-state index contributed by atoms with van der Waals surface area (Å²) in [7, 11) is 7.91. The number of H-pyrrole nitrogens is 4. The van der Waals surface area contributed by atoms with Crippen molar-refractivity contribution in [1.29, 1.82) is 5.26 Å². The molecular weight excluding hydrogens is 1580 g/mol. The molecule has 0 amide bonds. The molecule has 1 aliphatic heterocycles. The number of fused-ring (bicyclic) bond motifs is 1. The fraction of sp³-hybridized carbons (Fsp3) is 0.415. The van der Waals surface area contributed by atoms with Gasteiger partial charge in [-0.15, -0.1) is 11.6 Å². The van der Waals surface area contributed by atoms with Crippen LogP contribution in [0.5, 0.6) is 0 Å². The lowest BCUT2D eigenvalue weighted by molar-refractivity contribution is -0.142. The Hall–Kier alpha value is -11.5. The van der Waals surface area contributed by atoms with Crippen LogP contribution >= 0.6 is 11.6 Å². The first-order valence-electron chi connectivity index (χ1n) is 36.6. The van der Waals surface area contributed by atoms with Gasteiger partial charge in [0.2, 0.25) is 12.6 Å². The number of hydrogen-bond donors (Lipinski definition) is 7. The first-order valence-corrected chi connectivity index (χ1v) is 37.1. The lowest BCUT2D eigenvalue weighted by atomic mass is 10.2. The van der Waals surface area contributed by atoms with Crippen LogP contribution in [0, 0.1) is 11.3 Å². The SMILES string of the molecule is C.C.C=NCC(=O)OC.CCOC(C#N)OCC.CCOC(OCC)c1[nH]cnc1C(=O)OC.COC(=O)c1nc[nH]c1C=O.COC(=O)c1nc[nH]c1CN(CCCl)Cc1ccccc1.COC(=O)c1nc[nH]c1CN(CCO)Cc1ccccc1.COC(=O)c1ncn2c1CN(Cc1ccccc1)CC2.F.OCCNCc1ccccc1.[2HH].[B]. The maximum Gasteiger partial charge on any atom is 0.359 e. The molecule has 0 aliphatic carbocycles. The lowest BCUT2D eigenvalue weighted by Crippen LogP contribution is -2.33. The molecule has 3 radical (unpaired) electrons. The van der Waals surface area contributed by atoms with Crippen LogP contribution < -0.4 is 5.32 Å². The highest BCUT2D eigenvalue weighted by Gasteiger charge is 2.26. The van der Waals surface area contributed by atoms with Crippen molar-refractivity contribution in [2.75, 3.05) is 121 Å². The van der Waals surface area contributed by atoms with E-state index >= 15 is 0 Å². The van der Waals surface area contributed by atoms with Crippen molar-refractivity contribution >= 4 is 68.8 Å². The van der Waals surface area contributed by atoms with E-state index in [1.807, 2.05) is 128 Å². The first kappa shape index (κ1) is 111. The Morgan fingerprint density at radius 3 is 1.43 bits per heavy atom. The number of benzene rings is 4. The Morgan fingerprint density at radius 2 is 1.00 bits per heavy atom. The number of carbonyl (C=O) groups excluding carboxylic acids is 7. The highest BCUT2D eigenvalue weighted by Crippen LogP contribution is 2.22. The van der Waals surface area contributed by atoms with E-state index in [0.717, 1.165) is 62.8 Å². The number of ether oxygens (including phenoxy) is 10. The molecule has 120 heavy (non-hydrogen) atoms. The van der Waals surface area contributed by atoms with Gasteiger partial charge in [-0.3, -0.25) is 34.0 Å². The fourth-order valence-corrected chi connectivity index (χ4v) is 10.4. The quantitative estimate of drug-likeness (QED) is 0.00284. The van der Waals surface area contributed by atoms with Gasteiger partial charge in [-0.25, -0.2) is 48.9 Å². The molecule has 0 saturated carbocycles. The Labute approximate surface area is 709 Å². The van der Waals surface area contributed by atoms with Crippen LogP contribution in [0.15, 0.2) is 158 Å². The van der Waals surface area contributed by atoms with E-state index in [2.05, 4.69) is 122 Å². The van der Waals surface area contributed by atoms with Crippen LogP contribution in [0.4, 0.5) is 4.70 Å². The number of methoxy groups -OCH3 is 6. The minimum atomic E-state index is -0.681. The number of alkyl halides is 1. The third-order valence-corrected chi connectivity index (χ3v) is 15.8. The molecule has 0 atom stereocenters. The largest absolute Gasteiger partial charge is 0.468 e. The topological polar surface area (TPSA) is 443 Å². The summed E-state index contributed by atoms with van der Waals surface area (Å²) in [5, 5.41) is 29.1. The van der Waals surface area contributed by atoms with Gasteiger partial charge in [0.15, 0.2) is 34.8 Å². The smallest absolute Gasteiger partial charge is 0.359 e. The number of aldehydes is 1. The number of imidazole rings is 5.